The molecule has 0 aliphatic carbocycles. The monoisotopic (exact) mass is 408 g/mol. The van der Waals surface area contributed by atoms with Crippen LogP contribution >= 0.6 is 27.5 Å². The number of pyridine rings is 1. The molecule has 0 spiro atoms. The van der Waals surface area contributed by atoms with Crippen LogP contribution in [0.4, 0.5) is 4.39 Å². The third-order valence-electron chi connectivity index (χ3n) is 3.33. The Hall–Kier alpha value is -0.800. The second kappa shape index (κ2) is 6.01. The molecule has 0 bridgehead atoms. The number of ether oxygens (including phenoxy) is 1. The summed E-state index contributed by atoms with van der Waals surface area (Å²) in [5, 5.41) is -0.197. The Balaban J connectivity index is 2.09. The maximum atomic E-state index is 14.1. The second-order valence-corrected chi connectivity index (χ2v) is 7.88. The Morgan fingerprint density at radius 1 is 1.45 bits per heavy atom. The Labute approximate surface area is 140 Å². The quantitative estimate of drug-likeness (QED) is 0.846. The highest BCUT2D eigenvalue weighted by Crippen LogP contribution is 2.32. The lowest BCUT2D eigenvalue weighted by molar-refractivity contribution is 0.192. The van der Waals surface area contributed by atoms with Crippen LogP contribution < -0.4 is 4.72 Å². The molecule has 1 aromatic heterocycles. The number of halogens is 3. The minimum absolute atomic E-state index is 0.0181. The molecule has 118 valence electrons. The van der Waals surface area contributed by atoms with Gasteiger partial charge < -0.3 is 4.74 Å². The Morgan fingerprint density at radius 3 is 2.91 bits per heavy atom. The van der Waals surface area contributed by atoms with Gasteiger partial charge in [0, 0.05) is 23.3 Å². The van der Waals surface area contributed by atoms with E-state index in [-0.39, 0.29) is 26.9 Å². The Morgan fingerprint density at radius 2 is 2.23 bits per heavy atom. The van der Waals surface area contributed by atoms with Gasteiger partial charge in [0.1, 0.15) is 10.7 Å². The average molecular weight is 410 g/mol. The minimum Gasteiger partial charge on any atom is -0.380 e. The molecule has 1 aliphatic rings. The summed E-state index contributed by atoms with van der Waals surface area (Å²) in [6.07, 6.45) is 1.72. The van der Waals surface area contributed by atoms with E-state index >= 15 is 0 Å². The van der Waals surface area contributed by atoms with E-state index in [4.69, 9.17) is 16.3 Å². The average Bonchev–Trinajstić information content (AvgIpc) is 2.89. The fourth-order valence-electron chi connectivity index (χ4n) is 2.28. The molecule has 1 aliphatic heterocycles. The summed E-state index contributed by atoms with van der Waals surface area (Å²) in [4.78, 5) is 3.76. The fourth-order valence-corrected chi connectivity index (χ4v) is 4.52. The highest BCUT2D eigenvalue weighted by Gasteiger charge is 2.27. The fraction of sp³-hybridized carbons (Fsp3) is 0.308. The first-order valence-corrected chi connectivity index (χ1v) is 9.07. The number of benzene rings is 1. The second-order valence-electron chi connectivity index (χ2n) is 4.90. The summed E-state index contributed by atoms with van der Waals surface area (Å²) >= 11 is 9.28. The highest BCUT2D eigenvalue weighted by molar-refractivity contribution is 9.10. The normalized spacial score (nSPS) is 19.0. The number of aromatic nitrogens is 1. The summed E-state index contributed by atoms with van der Waals surface area (Å²) in [5.74, 6) is -0.636. The Bertz CT molecular complexity index is 841. The van der Waals surface area contributed by atoms with E-state index < -0.39 is 15.8 Å². The van der Waals surface area contributed by atoms with Gasteiger partial charge in [0.25, 0.3) is 0 Å². The third kappa shape index (κ3) is 2.98. The van der Waals surface area contributed by atoms with E-state index in [0.717, 1.165) is 6.20 Å². The van der Waals surface area contributed by atoms with Crippen molar-refractivity contribution < 1.29 is 17.5 Å². The van der Waals surface area contributed by atoms with Gasteiger partial charge in [-0.2, -0.15) is 0 Å². The molecule has 1 N–H and O–H groups in total. The molecule has 9 heteroatoms. The molecule has 1 atom stereocenters. The van der Waals surface area contributed by atoms with Crippen molar-refractivity contribution in [2.75, 3.05) is 13.2 Å². The van der Waals surface area contributed by atoms with Crippen LogP contribution in [0.3, 0.4) is 0 Å². The van der Waals surface area contributed by atoms with Gasteiger partial charge in [0.2, 0.25) is 10.0 Å². The van der Waals surface area contributed by atoms with Crippen LogP contribution in [0, 0.1) is 5.82 Å². The van der Waals surface area contributed by atoms with Crippen molar-refractivity contribution in [2.24, 2.45) is 0 Å². The van der Waals surface area contributed by atoms with Crippen LogP contribution in [0.2, 0.25) is 5.02 Å². The van der Waals surface area contributed by atoms with E-state index in [1.807, 2.05) is 0 Å². The zero-order valence-corrected chi connectivity index (χ0v) is 14.3. The van der Waals surface area contributed by atoms with Gasteiger partial charge in [-0.25, -0.2) is 17.5 Å². The number of nitrogens with one attached hydrogen (secondary N) is 1. The molecule has 1 unspecified atom stereocenters. The van der Waals surface area contributed by atoms with Crippen molar-refractivity contribution >= 4 is 48.5 Å². The number of hydrogen-bond acceptors (Lipinski definition) is 4. The molecule has 2 heterocycles. The molecule has 22 heavy (non-hydrogen) atoms. The molecule has 3 rings (SSSR count). The molecular formula is C13H11BrClFN2O3S. The van der Waals surface area contributed by atoms with Gasteiger partial charge in [-0.3, -0.25) is 4.98 Å². The maximum absolute atomic E-state index is 14.1. The van der Waals surface area contributed by atoms with E-state index in [2.05, 4.69) is 25.6 Å². The van der Waals surface area contributed by atoms with E-state index in [0.29, 0.717) is 24.1 Å². The zero-order chi connectivity index (χ0) is 15.9. The lowest BCUT2D eigenvalue weighted by atomic mass is 10.2. The van der Waals surface area contributed by atoms with E-state index in [9.17, 15) is 12.8 Å². The highest BCUT2D eigenvalue weighted by atomic mass is 79.9. The molecule has 2 aromatic rings. The van der Waals surface area contributed by atoms with Crippen molar-refractivity contribution in [3.05, 3.63) is 33.6 Å². The standard InChI is InChI=1S/C13H11BrClFN2O3S/c14-7-3-9(16)12-10(4-7)17-5-11(13(12)15)22(19,20)18-8-1-2-21-6-8/h3-5,8,18H,1-2,6H2. The molecule has 5 nitrogen and oxygen atoms in total. The van der Waals surface area contributed by atoms with Gasteiger partial charge >= 0.3 is 0 Å². The Kier molecular flexibility index (Phi) is 4.39. The SMILES string of the molecule is O=S(=O)(NC1CCOC1)c1cnc2cc(Br)cc(F)c2c1Cl. The van der Waals surface area contributed by atoms with Gasteiger partial charge in [0.15, 0.2) is 0 Å². The summed E-state index contributed by atoms with van der Waals surface area (Å²) in [7, 11) is -3.90. The first-order valence-electron chi connectivity index (χ1n) is 6.42. The molecular weight excluding hydrogens is 399 g/mol. The molecule has 1 saturated heterocycles. The van der Waals surface area contributed by atoms with Crippen LogP contribution in [-0.2, 0) is 14.8 Å². The summed E-state index contributed by atoms with van der Waals surface area (Å²) < 4.78 is 47.0. The minimum atomic E-state index is -3.90. The first kappa shape index (κ1) is 16.1. The van der Waals surface area contributed by atoms with Crippen LogP contribution in [-0.4, -0.2) is 32.7 Å². The van der Waals surface area contributed by atoms with Gasteiger partial charge in [-0.15, -0.1) is 0 Å². The van der Waals surface area contributed by atoms with Gasteiger partial charge in [0.05, 0.1) is 22.5 Å². The predicted octanol–water partition coefficient (Wildman–Crippen LogP) is 2.86. The molecule has 0 amide bonds. The van der Waals surface area contributed by atoms with Crippen molar-refractivity contribution in [1.29, 1.82) is 0 Å². The number of rotatable bonds is 3. The smallest absolute Gasteiger partial charge is 0.243 e. The summed E-state index contributed by atoms with van der Waals surface area (Å²) in [6, 6.07) is 2.47. The topological polar surface area (TPSA) is 68.3 Å². The van der Waals surface area contributed by atoms with Gasteiger partial charge in [-0.05, 0) is 18.6 Å². The first-order chi connectivity index (χ1) is 10.4. The lowest BCUT2D eigenvalue weighted by Crippen LogP contribution is -2.35. The number of nitrogens with zero attached hydrogens (tertiary/aromatic N) is 1. The summed E-state index contributed by atoms with van der Waals surface area (Å²) in [5.41, 5.74) is 0.278. The lowest BCUT2D eigenvalue weighted by Gasteiger charge is -2.13. The number of fused-ring (bicyclic) bond motifs is 1. The van der Waals surface area contributed by atoms with Crippen LogP contribution in [0.25, 0.3) is 10.9 Å². The van der Waals surface area contributed by atoms with Crippen molar-refractivity contribution in [1.82, 2.24) is 9.71 Å². The molecule has 1 aromatic carbocycles. The van der Waals surface area contributed by atoms with Gasteiger partial charge in [-0.1, -0.05) is 27.5 Å². The summed E-state index contributed by atoms with van der Waals surface area (Å²) in [6.45, 7) is 0.804. The number of sulfonamides is 1. The maximum Gasteiger partial charge on any atom is 0.243 e. The van der Waals surface area contributed by atoms with E-state index in [1.165, 1.54) is 6.07 Å². The van der Waals surface area contributed by atoms with Crippen LogP contribution in [0.1, 0.15) is 6.42 Å². The van der Waals surface area contributed by atoms with Crippen LogP contribution in [0.5, 0.6) is 0 Å². The zero-order valence-electron chi connectivity index (χ0n) is 11.1. The van der Waals surface area contributed by atoms with Crippen LogP contribution in [0.15, 0.2) is 27.7 Å². The molecule has 1 fully saturated rings. The van der Waals surface area contributed by atoms with Crippen molar-refractivity contribution in [2.45, 2.75) is 17.4 Å². The van der Waals surface area contributed by atoms with Crippen molar-refractivity contribution in [3.8, 4) is 0 Å². The molecule has 0 radical (unpaired) electrons. The van der Waals surface area contributed by atoms with E-state index in [1.54, 1.807) is 6.07 Å². The number of hydrogen-bond donors (Lipinski definition) is 1. The molecule has 0 saturated carbocycles. The predicted molar refractivity (Wildman–Crippen MR) is 84.0 cm³/mol. The third-order valence-corrected chi connectivity index (χ3v) is 5.83. The van der Waals surface area contributed by atoms with Crippen molar-refractivity contribution in [3.63, 3.8) is 0 Å². The largest absolute Gasteiger partial charge is 0.380 e.